The van der Waals surface area contributed by atoms with Crippen LogP contribution >= 0.6 is 11.6 Å². The SMILES string of the molecule is CCOc1cccn(CC(=O)Nc2cc(C(F)(F)F)ccc2Cl)c1=O. The molecule has 9 heteroatoms. The predicted molar refractivity (Wildman–Crippen MR) is 87.0 cm³/mol. The van der Waals surface area contributed by atoms with Crippen LogP contribution in [0, 0.1) is 0 Å². The monoisotopic (exact) mass is 374 g/mol. The number of hydrogen-bond donors (Lipinski definition) is 1. The van der Waals surface area contributed by atoms with Gasteiger partial charge in [-0.05, 0) is 37.3 Å². The van der Waals surface area contributed by atoms with Crippen molar-refractivity contribution in [3.05, 3.63) is 57.5 Å². The molecule has 1 aromatic heterocycles. The molecule has 0 aliphatic rings. The van der Waals surface area contributed by atoms with Crippen molar-refractivity contribution in [1.29, 1.82) is 0 Å². The summed E-state index contributed by atoms with van der Waals surface area (Å²) in [4.78, 5) is 24.1. The molecule has 2 rings (SSSR count). The standard InChI is InChI=1S/C16H14ClF3N2O3/c1-2-25-13-4-3-7-22(15(13)24)9-14(23)21-12-8-10(16(18,19)20)5-6-11(12)17/h3-8H,2,9H2,1H3,(H,21,23). The molecule has 134 valence electrons. The van der Waals surface area contributed by atoms with E-state index in [1.807, 2.05) is 0 Å². The Morgan fingerprint density at radius 1 is 1.32 bits per heavy atom. The number of alkyl halides is 3. The lowest BCUT2D eigenvalue weighted by atomic mass is 10.2. The first-order chi connectivity index (χ1) is 11.7. The zero-order valence-corrected chi connectivity index (χ0v) is 13.8. The molecule has 0 fully saturated rings. The zero-order chi connectivity index (χ0) is 18.6. The molecule has 5 nitrogen and oxygen atoms in total. The highest BCUT2D eigenvalue weighted by molar-refractivity contribution is 6.33. The summed E-state index contributed by atoms with van der Waals surface area (Å²) >= 11 is 5.82. The number of nitrogens with one attached hydrogen (secondary N) is 1. The van der Waals surface area contributed by atoms with Crippen molar-refractivity contribution in [2.24, 2.45) is 0 Å². The van der Waals surface area contributed by atoms with Gasteiger partial charge in [-0.3, -0.25) is 9.59 Å². The van der Waals surface area contributed by atoms with Gasteiger partial charge in [0.25, 0.3) is 5.56 Å². The molecular formula is C16H14ClF3N2O3. The Kier molecular flexibility index (Phi) is 5.73. The first-order valence-corrected chi connectivity index (χ1v) is 7.59. The van der Waals surface area contributed by atoms with E-state index in [0.29, 0.717) is 0 Å². The van der Waals surface area contributed by atoms with Crippen LogP contribution in [0.15, 0.2) is 41.3 Å². The fourth-order valence-corrected chi connectivity index (χ4v) is 2.21. The molecule has 25 heavy (non-hydrogen) atoms. The van der Waals surface area contributed by atoms with Gasteiger partial charge in [-0.1, -0.05) is 11.6 Å². The number of pyridine rings is 1. The third-order valence-electron chi connectivity index (χ3n) is 3.17. The maximum atomic E-state index is 12.7. The number of aromatic nitrogens is 1. The maximum Gasteiger partial charge on any atom is 0.416 e. The normalized spacial score (nSPS) is 11.2. The van der Waals surface area contributed by atoms with E-state index in [1.165, 1.54) is 18.3 Å². The van der Waals surface area contributed by atoms with Gasteiger partial charge in [-0.25, -0.2) is 0 Å². The molecule has 0 atom stereocenters. The predicted octanol–water partition coefficient (Wildman–Crippen LogP) is 3.56. The number of nitrogens with zero attached hydrogens (tertiary/aromatic N) is 1. The van der Waals surface area contributed by atoms with Crippen molar-refractivity contribution in [1.82, 2.24) is 4.57 Å². The average molecular weight is 375 g/mol. The smallest absolute Gasteiger partial charge is 0.416 e. The minimum Gasteiger partial charge on any atom is -0.488 e. The second-order valence-corrected chi connectivity index (χ2v) is 5.39. The molecule has 0 spiro atoms. The lowest BCUT2D eigenvalue weighted by Gasteiger charge is -2.12. The summed E-state index contributed by atoms with van der Waals surface area (Å²) in [5.41, 5.74) is -1.65. The van der Waals surface area contributed by atoms with Crippen LogP contribution in [0.3, 0.4) is 0 Å². The van der Waals surface area contributed by atoms with E-state index >= 15 is 0 Å². The summed E-state index contributed by atoms with van der Waals surface area (Å²) in [7, 11) is 0. The van der Waals surface area contributed by atoms with E-state index in [2.05, 4.69) is 5.32 Å². The Balaban J connectivity index is 2.19. The van der Waals surface area contributed by atoms with Crippen LogP contribution in [0.4, 0.5) is 18.9 Å². The molecule has 0 aliphatic carbocycles. The van der Waals surface area contributed by atoms with Crippen molar-refractivity contribution >= 4 is 23.2 Å². The Morgan fingerprint density at radius 3 is 2.68 bits per heavy atom. The number of ether oxygens (including phenoxy) is 1. The average Bonchev–Trinajstić information content (AvgIpc) is 2.52. The largest absolute Gasteiger partial charge is 0.488 e. The molecule has 1 heterocycles. The Morgan fingerprint density at radius 2 is 2.04 bits per heavy atom. The summed E-state index contributed by atoms with van der Waals surface area (Å²) < 4.78 is 44.4. The van der Waals surface area contributed by atoms with Crippen molar-refractivity contribution < 1.29 is 22.7 Å². The first-order valence-electron chi connectivity index (χ1n) is 7.21. The van der Waals surface area contributed by atoms with Crippen LogP contribution in [0.2, 0.25) is 5.02 Å². The van der Waals surface area contributed by atoms with Gasteiger partial charge in [0.2, 0.25) is 5.91 Å². The number of halogens is 4. The van der Waals surface area contributed by atoms with Crippen LogP contribution in [0.1, 0.15) is 12.5 Å². The summed E-state index contributed by atoms with van der Waals surface area (Å²) in [6.07, 6.45) is -3.19. The van der Waals surface area contributed by atoms with Gasteiger partial charge in [0.1, 0.15) is 6.54 Å². The van der Waals surface area contributed by atoms with Crippen LogP contribution < -0.4 is 15.6 Å². The second kappa shape index (κ2) is 7.60. The van der Waals surface area contributed by atoms with Crippen LogP contribution in [0.25, 0.3) is 0 Å². The van der Waals surface area contributed by atoms with Crippen molar-refractivity contribution in [2.45, 2.75) is 19.6 Å². The Bertz CT molecular complexity index is 834. The molecule has 0 unspecified atom stereocenters. The molecule has 0 saturated carbocycles. The van der Waals surface area contributed by atoms with Crippen molar-refractivity contribution in [2.75, 3.05) is 11.9 Å². The number of benzene rings is 1. The van der Waals surface area contributed by atoms with Gasteiger partial charge in [0.05, 0.1) is 22.9 Å². The van der Waals surface area contributed by atoms with E-state index in [9.17, 15) is 22.8 Å². The minimum absolute atomic E-state index is 0.0447. The van der Waals surface area contributed by atoms with E-state index < -0.39 is 29.8 Å². The van der Waals surface area contributed by atoms with Gasteiger partial charge in [-0.2, -0.15) is 13.2 Å². The summed E-state index contributed by atoms with van der Waals surface area (Å²) in [5, 5.41) is 2.23. The fourth-order valence-electron chi connectivity index (χ4n) is 2.05. The molecule has 0 bridgehead atoms. The summed E-state index contributed by atoms with van der Waals surface area (Å²) in [5.74, 6) is -0.619. The highest BCUT2D eigenvalue weighted by Gasteiger charge is 2.31. The van der Waals surface area contributed by atoms with Crippen LogP contribution in [-0.4, -0.2) is 17.1 Å². The number of carbonyl (C=O) groups is 1. The van der Waals surface area contributed by atoms with Gasteiger partial charge in [-0.15, -0.1) is 0 Å². The van der Waals surface area contributed by atoms with Gasteiger partial charge in [0.15, 0.2) is 5.75 Å². The van der Waals surface area contributed by atoms with E-state index in [-0.39, 0.29) is 23.1 Å². The number of rotatable bonds is 5. The Labute approximate surface area is 146 Å². The fraction of sp³-hybridized carbons (Fsp3) is 0.250. The molecule has 1 amide bonds. The minimum atomic E-state index is -4.56. The third kappa shape index (κ3) is 4.76. The highest BCUT2D eigenvalue weighted by atomic mass is 35.5. The zero-order valence-electron chi connectivity index (χ0n) is 13.1. The van der Waals surface area contributed by atoms with Gasteiger partial charge < -0.3 is 14.6 Å². The molecule has 2 aromatic rings. The van der Waals surface area contributed by atoms with Gasteiger partial charge >= 0.3 is 6.18 Å². The quantitative estimate of drug-likeness (QED) is 0.870. The van der Waals surface area contributed by atoms with E-state index in [4.69, 9.17) is 16.3 Å². The van der Waals surface area contributed by atoms with E-state index in [0.717, 1.165) is 22.8 Å². The summed E-state index contributed by atoms with van der Waals surface area (Å²) in [6.45, 7) is 1.59. The maximum absolute atomic E-state index is 12.7. The summed E-state index contributed by atoms with van der Waals surface area (Å²) in [6, 6.07) is 5.58. The number of amides is 1. The number of hydrogen-bond acceptors (Lipinski definition) is 3. The molecule has 1 N–H and O–H groups in total. The lowest BCUT2D eigenvalue weighted by Crippen LogP contribution is -2.28. The highest BCUT2D eigenvalue weighted by Crippen LogP contribution is 2.33. The molecular weight excluding hydrogens is 361 g/mol. The molecule has 1 aromatic carbocycles. The van der Waals surface area contributed by atoms with Crippen molar-refractivity contribution in [3.8, 4) is 5.75 Å². The first kappa shape index (κ1) is 18.9. The molecule has 0 saturated heterocycles. The van der Waals surface area contributed by atoms with Crippen molar-refractivity contribution in [3.63, 3.8) is 0 Å². The van der Waals surface area contributed by atoms with Crippen LogP contribution in [0.5, 0.6) is 5.75 Å². The van der Waals surface area contributed by atoms with Gasteiger partial charge in [0, 0.05) is 6.20 Å². The van der Waals surface area contributed by atoms with E-state index in [1.54, 1.807) is 6.92 Å². The second-order valence-electron chi connectivity index (χ2n) is 4.98. The molecule has 0 aliphatic heterocycles. The lowest BCUT2D eigenvalue weighted by molar-refractivity contribution is -0.137. The Hall–Kier alpha value is -2.48. The molecule has 0 radical (unpaired) electrons. The third-order valence-corrected chi connectivity index (χ3v) is 3.50. The number of carbonyl (C=O) groups excluding carboxylic acids is 1. The topological polar surface area (TPSA) is 60.3 Å². The van der Waals surface area contributed by atoms with Crippen LogP contribution in [-0.2, 0) is 17.5 Å². The number of anilines is 1.